The van der Waals surface area contributed by atoms with Gasteiger partial charge in [0.2, 0.25) is 0 Å². The summed E-state index contributed by atoms with van der Waals surface area (Å²) < 4.78 is 0.301. The Hall–Kier alpha value is 1.92. The van der Waals surface area contributed by atoms with Gasteiger partial charge < -0.3 is 0 Å². The molecule has 1 atom stereocenters. The summed E-state index contributed by atoms with van der Waals surface area (Å²) in [6.45, 7) is 0.645. The minimum absolute atomic E-state index is 0. The van der Waals surface area contributed by atoms with Crippen LogP contribution < -0.4 is 11.5 Å². The van der Waals surface area contributed by atoms with Gasteiger partial charge in [-0.05, 0) is 0 Å². The monoisotopic (exact) mass is 106 g/mol. The van der Waals surface area contributed by atoms with Crippen molar-refractivity contribution < 1.29 is 0 Å². The van der Waals surface area contributed by atoms with E-state index >= 15 is 0 Å². The van der Waals surface area contributed by atoms with Crippen LogP contribution in [0.4, 0.5) is 0 Å². The number of hydrogen-bond acceptors (Lipinski definition) is 2. The quantitative estimate of drug-likeness (QED) is 0.371. The third-order valence-electron chi connectivity index (χ3n) is 0.372. The van der Waals surface area contributed by atoms with Crippen molar-refractivity contribution in [2.45, 2.75) is 3.29 Å². The minimum atomic E-state index is 0. The van der Waals surface area contributed by atoms with E-state index in [-0.39, 0.29) is 29.6 Å². The zero-order valence-corrected chi connectivity index (χ0v) is 5.44. The molecule has 1 unspecified atom stereocenters. The molecule has 0 aliphatic heterocycles. The van der Waals surface area contributed by atoms with Crippen molar-refractivity contribution >= 4 is 57.5 Å². The predicted octanol–water partition coefficient (Wildman–Crippen LogP) is -2.25. The molecule has 0 heterocycles. The Morgan fingerprint density at radius 3 is 1.83 bits per heavy atom. The summed E-state index contributed by atoms with van der Waals surface area (Å²) in [4.78, 5) is 0. The molecule has 0 fully saturated rings. The summed E-state index contributed by atoms with van der Waals surface area (Å²) >= 11 is 1.02. The molecule has 0 aliphatic rings. The van der Waals surface area contributed by atoms with Crippen molar-refractivity contribution in [1.82, 2.24) is 0 Å². The van der Waals surface area contributed by atoms with Gasteiger partial charge in [-0.1, -0.05) is 0 Å². The molecule has 4 N–H and O–H groups in total. The molecule has 0 aromatic heterocycles. The molecule has 0 bridgehead atoms. The topological polar surface area (TPSA) is 52.0 Å². The van der Waals surface area contributed by atoms with Gasteiger partial charge >= 0.3 is 78.8 Å². The summed E-state index contributed by atoms with van der Waals surface area (Å²) in [6, 6.07) is 0. The molecule has 0 aliphatic carbocycles. The molecule has 0 aromatic rings. The van der Waals surface area contributed by atoms with E-state index in [0.717, 1.165) is 27.9 Å². The van der Waals surface area contributed by atoms with Crippen molar-refractivity contribution in [1.29, 1.82) is 0 Å². The first-order valence-corrected chi connectivity index (χ1v) is 2.88. The van der Waals surface area contributed by atoms with Crippen LogP contribution in [0.2, 0.25) is 0 Å². The van der Waals surface area contributed by atoms with Crippen molar-refractivity contribution in [3.8, 4) is 0 Å². The number of hydrogen-bond donors (Lipinski definition) is 2. The molecule has 2 nitrogen and oxygen atoms in total. The van der Waals surface area contributed by atoms with Gasteiger partial charge in [0, 0.05) is 0 Å². The van der Waals surface area contributed by atoms with Crippen LogP contribution in [0.25, 0.3) is 0 Å². The van der Waals surface area contributed by atoms with Crippen LogP contribution in [0.1, 0.15) is 0 Å². The standard InChI is InChI=1S/C2H7N2.2Na.H/c3-1-2-4;;;/h1H,2-4H2;;;. The van der Waals surface area contributed by atoms with Crippen molar-refractivity contribution in [2.24, 2.45) is 11.5 Å². The molecular weight excluding hydrogens is 98.0 g/mol. The molecule has 0 rings (SSSR count). The third kappa shape index (κ3) is 9.33. The van der Waals surface area contributed by atoms with Crippen molar-refractivity contribution in [2.75, 3.05) is 6.54 Å². The maximum atomic E-state index is 5.23. The summed E-state index contributed by atoms with van der Waals surface area (Å²) in [5.41, 5.74) is 10.3. The van der Waals surface area contributed by atoms with Gasteiger partial charge in [-0.2, -0.15) is 0 Å². The van der Waals surface area contributed by atoms with Crippen LogP contribution in [0.15, 0.2) is 0 Å². The van der Waals surface area contributed by atoms with Gasteiger partial charge in [0.1, 0.15) is 0 Å². The summed E-state index contributed by atoms with van der Waals surface area (Å²) in [5, 5.41) is 0. The molecule has 0 aromatic carbocycles. The first kappa shape index (κ1) is 10.8. The van der Waals surface area contributed by atoms with Gasteiger partial charge in [0.05, 0.1) is 0 Å². The number of nitrogens with two attached hydrogens (primary N) is 2. The first-order chi connectivity index (χ1) is 2.27. The third-order valence-corrected chi connectivity index (χ3v) is 0.843. The fourth-order valence-electron chi connectivity index (χ4n) is 0. The predicted molar refractivity (Wildman–Crippen MR) is 29.9 cm³/mol. The van der Waals surface area contributed by atoms with Crippen LogP contribution in [0.3, 0.4) is 0 Å². The normalized spacial score (nSPS) is 12.7. The van der Waals surface area contributed by atoms with E-state index in [1.807, 2.05) is 0 Å². The van der Waals surface area contributed by atoms with E-state index < -0.39 is 0 Å². The van der Waals surface area contributed by atoms with Gasteiger partial charge in [-0.25, -0.2) is 0 Å². The molecule has 28 valence electrons. The Labute approximate surface area is 77.7 Å². The van der Waals surface area contributed by atoms with Gasteiger partial charge in [0.25, 0.3) is 0 Å². The average Bonchev–Trinajstić information content (AvgIpc) is 1.38. The molecule has 0 saturated carbocycles. The fourth-order valence-corrected chi connectivity index (χ4v) is 0. The zero-order valence-electron chi connectivity index (χ0n) is 3.44. The Morgan fingerprint density at radius 1 is 1.67 bits per heavy atom. The van der Waals surface area contributed by atoms with Gasteiger partial charge in [0.15, 0.2) is 0 Å². The van der Waals surface area contributed by atoms with E-state index in [2.05, 4.69) is 0 Å². The molecule has 0 saturated heterocycles. The van der Waals surface area contributed by atoms with E-state index in [0.29, 0.717) is 9.84 Å². The van der Waals surface area contributed by atoms with E-state index in [1.165, 1.54) is 0 Å². The maximum absolute atomic E-state index is 5.23. The van der Waals surface area contributed by atoms with E-state index in [1.54, 1.807) is 0 Å². The zero-order chi connectivity index (χ0) is 4.28. The SMILES string of the molecule is NC[CH](N)[Na].[NaH]. The Morgan fingerprint density at radius 2 is 1.83 bits per heavy atom. The van der Waals surface area contributed by atoms with Crippen LogP contribution in [0.5, 0.6) is 0 Å². The van der Waals surface area contributed by atoms with Gasteiger partial charge in [-0.15, -0.1) is 0 Å². The molecule has 0 spiro atoms. The molecular formula is C2H8N2Na2. The van der Waals surface area contributed by atoms with Crippen LogP contribution in [-0.2, 0) is 0 Å². The van der Waals surface area contributed by atoms with E-state index in [9.17, 15) is 0 Å². The van der Waals surface area contributed by atoms with Crippen molar-refractivity contribution in [3.63, 3.8) is 0 Å². The molecule has 4 heteroatoms. The van der Waals surface area contributed by atoms with Crippen molar-refractivity contribution in [3.05, 3.63) is 0 Å². The number of rotatable bonds is 1. The van der Waals surface area contributed by atoms with Gasteiger partial charge in [-0.3, -0.25) is 0 Å². The summed E-state index contributed by atoms with van der Waals surface area (Å²) in [7, 11) is 0. The van der Waals surface area contributed by atoms with Crippen LogP contribution >= 0.6 is 0 Å². The summed E-state index contributed by atoms with van der Waals surface area (Å²) in [6.07, 6.45) is 0. The van der Waals surface area contributed by atoms with Crippen LogP contribution in [0, 0.1) is 0 Å². The molecule has 0 amide bonds. The molecule has 0 radical (unpaired) electrons. The second-order valence-electron chi connectivity index (χ2n) is 1.21. The first-order valence-electron chi connectivity index (χ1n) is 1.73. The second kappa shape index (κ2) is 6.92. The van der Waals surface area contributed by atoms with Crippen LogP contribution in [-0.4, -0.2) is 67.3 Å². The molecule has 6 heavy (non-hydrogen) atoms. The second-order valence-corrected chi connectivity index (χ2v) is 2.70. The van der Waals surface area contributed by atoms with E-state index in [4.69, 9.17) is 11.5 Å². The summed E-state index contributed by atoms with van der Waals surface area (Å²) in [5.74, 6) is 0. The Kier molecular flexibility index (Phi) is 12.5. The Balaban J connectivity index is 0. The fraction of sp³-hybridized carbons (Fsp3) is 1.00. The average molecular weight is 106 g/mol. The Bertz CT molecular complexity index is 23.5.